The Hall–Kier alpha value is -4.07. The number of rotatable bonds is 12. The molecule has 0 bridgehead atoms. The van der Waals surface area contributed by atoms with Crippen molar-refractivity contribution in [1.82, 2.24) is 19.5 Å². The van der Waals surface area contributed by atoms with Crippen molar-refractivity contribution in [1.29, 1.82) is 0 Å². The van der Waals surface area contributed by atoms with Crippen LogP contribution in [0.5, 0.6) is 0 Å². The minimum Gasteiger partial charge on any atom is -0.454 e. The zero-order valence-electron chi connectivity index (χ0n) is 23.2. The van der Waals surface area contributed by atoms with Crippen LogP contribution in [0.4, 0.5) is 10.2 Å². The number of halogens is 1. The van der Waals surface area contributed by atoms with Gasteiger partial charge in [-0.15, -0.1) is 0 Å². The highest BCUT2D eigenvalue weighted by molar-refractivity contribution is 7.48. The number of alkyl halides is 1. The molecule has 3 heterocycles. The number of phosphoric acid groups is 1. The van der Waals surface area contributed by atoms with Gasteiger partial charge < -0.3 is 14.8 Å². The number of carbonyl (C=O) groups is 2. The summed E-state index contributed by atoms with van der Waals surface area (Å²) in [7, 11) is -4.25. The van der Waals surface area contributed by atoms with Crippen molar-refractivity contribution in [3.63, 3.8) is 0 Å². The molecule has 2 aromatic heterocycles. The fraction of sp³-hybridized carbons (Fsp3) is 0.321. The van der Waals surface area contributed by atoms with Crippen LogP contribution in [0.25, 0.3) is 11.2 Å². The molecule has 0 saturated carbocycles. The molecule has 1 fully saturated rings. The number of ether oxygens (including phenoxy) is 2. The van der Waals surface area contributed by atoms with Crippen LogP contribution in [0.3, 0.4) is 0 Å². The van der Waals surface area contributed by atoms with E-state index in [1.54, 1.807) is 48.5 Å². The van der Waals surface area contributed by atoms with Crippen molar-refractivity contribution >= 4 is 36.7 Å². The number of aromatic nitrogens is 4. The van der Waals surface area contributed by atoms with Crippen molar-refractivity contribution < 1.29 is 41.6 Å². The molecule has 15 heteroatoms. The lowest BCUT2D eigenvalue weighted by atomic mass is 10.1. The molecule has 226 valence electrons. The molecule has 1 saturated heterocycles. The third-order valence-corrected chi connectivity index (χ3v) is 7.71. The number of benzene rings is 2. The first kappa shape index (κ1) is 30.4. The van der Waals surface area contributed by atoms with Gasteiger partial charge in [-0.05, 0) is 11.1 Å². The number of nitrogens with zero attached hydrogens (tertiary/aromatic N) is 4. The number of anilines is 1. The van der Waals surface area contributed by atoms with Crippen LogP contribution in [-0.2, 0) is 50.4 Å². The lowest BCUT2D eigenvalue weighted by Crippen LogP contribution is -2.34. The lowest BCUT2D eigenvalue weighted by Gasteiger charge is -2.21. The monoisotopic (exact) mass is 613 g/mol. The van der Waals surface area contributed by atoms with Crippen LogP contribution < -0.4 is 5.32 Å². The van der Waals surface area contributed by atoms with Crippen LogP contribution in [0, 0.1) is 0 Å². The number of hydrogen-bond donors (Lipinski definition) is 1. The number of phosphoric ester groups is 1. The van der Waals surface area contributed by atoms with Crippen LogP contribution in [0.15, 0.2) is 73.3 Å². The largest absolute Gasteiger partial charge is 0.475 e. The fourth-order valence-corrected chi connectivity index (χ4v) is 5.57. The molecular weight excluding hydrogens is 584 g/mol. The van der Waals surface area contributed by atoms with E-state index in [0.717, 1.165) is 18.1 Å². The van der Waals surface area contributed by atoms with Gasteiger partial charge in [-0.2, -0.15) is 0 Å². The second-order valence-electron chi connectivity index (χ2n) is 9.57. The Labute approximate surface area is 245 Å². The van der Waals surface area contributed by atoms with Gasteiger partial charge in [0.05, 0.1) is 26.1 Å². The number of amides is 1. The van der Waals surface area contributed by atoms with Crippen molar-refractivity contribution in [3.05, 3.63) is 84.4 Å². The Morgan fingerprint density at radius 1 is 0.953 bits per heavy atom. The summed E-state index contributed by atoms with van der Waals surface area (Å²) in [4.78, 5) is 35.9. The molecular formula is C28H29FN5O8P. The van der Waals surface area contributed by atoms with E-state index in [4.69, 9.17) is 23.0 Å². The summed E-state index contributed by atoms with van der Waals surface area (Å²) in [6.45, 7) is 1.71. The number of hydrogen-bond acceptors (Lipinski definition) is 11. The highest BCUT2D eigenvalue weighted by Gasteiger charge is 2.50. The molecule has 43 heavy (non-hydrogen) atoms. The van der Waals surface area contributed by atoms with Crippen molar-refractivity contribution in [2.45, 2.75) is 51.7 Å². The maximum absolute atomic E-state index is 15.8. The van der Waals surface area contributed by atoms with Crippen molar-refractivity contribution in [2.75, 3.05) is 11.9 Å². The summed E-state index contributed by atoms with van der Waals surface area (Å²) in [5.74, 6) is -0.982. The maximum Gasteiger partial charge on any atom is 0.475 e. The first-order valence-corrected chi connectivity index (χ1v) is 14.7. The van der Waals surface area contributed by atoms with E-state index in [0.29, 0.717) is 0 Å². The normalized spacial score (nSPS) is 20.3. The molecule has 2 aromatic carbocycles. The molecule has 1 N–H and O–H groups in total. The molecule has 4 aromatic rings. The predicted molar refractivity (Wildman–Crippen MR) is 150 cm³/mol. The quantitative estimate of drug-likeness (QED) is 0.177. The second kappa shape index (κ2) is 13.5. The zero-order chi connectivity index (χ0) is 30.4. The van der Waals surface area contributed by atoms with Gasteiger partial charge in [-0.3, -0.25) is 27.7 Å². The Bertz CT molecular complexity index is 1560. The van der Waals surface area contributed by atoms with Crippen molar-refractivity contribution in [3.8, 4) is 0 Å². The van der Waals surface area contributed by atoms with Gasteiger partial charge in [0.25, 0.3) is 0 Å². The SMILES string of the molecule is CC(=O)Nc1ncnc2c1ncn2C1OC(COP(=O)(OCc2ccccc2)OCc2ccccc2)C(F)C1OC(C)=O. The fourth-order valence-electron chi connectivity index (χ4n) is 4.40. The molecule has 13 nitrogen and oxygen atoms in total. The van der Waals surface area contributed by atoms with E-state index in [1.807, 2.05) is 12.1 Å². The Kier molecular flexibility index (Phi) is 9.53. The van der Waals surface area contributed by atoms with Gasteiger partial charge in [0, 0.05) is 13.8 Å². The van der Waals surface area contributed by atoms with Gasteiger partial charge in [0.1, 0.15) is 12.4 Å². The van der Waals surface area contributed by atoms with Gasteiger partial charge in [0.15, 0.2) is 35.5 Å². The molecule has 1 aliphatic rings. The predicted octanol–water partition coefficient (Wildman–Crippen LogP) is 4.51. The van der Waals surface area contributed by atoms with Crippen LogP contribution in [0.2, 0.25) is 0 Å². The molecule has 0 radical (unpaired) electrons. The average Bonchev–Trinajstić information content (AvgIpc) is 3.56. The summed E-state index contributed by atoms with van der Waals surface area (Å²) in [6, 6.07) is 18.0. The lowest BCUT2D eigenvalue weighted by molar-refractivity contribution is -0.154. The molecule has 5 rings (SSSR count). The average molecular weight is 614 g/mol. The standard InChI is InChI=1S/C28H29FN5O8P/c1-18(35)33-26-24-27(31-16-30-26)34(17-32-24)28-25(41-19(2)36)23(29)22(42-28)15-40-43(37,38-13-20-9-5-3-6-10-20)39-14-21-11-7-4-8-12-21/h3-12,16-17,22-23,25,28H,13-15H2,1-2H3,(H,30,31,33,35). The van der Waals surface area contributed by atoms with E-state index in [-0.39, 0.29) is 36.1 Å². The van der Waals surface area contributed by atoms with Crippen LogP contribution in [-0.4, -0.2) is 56.4 Å². The molecule has 0 aliphatic carbocycles. The number of esters is 1. The van der Waals surface area contributed by atoms with Crippen LogP contribution >= 0.6 is 7.82 Å². The van der Waals surface area contributed by atoms with Crippen LogP contribution in [0.1, 0.15) is 31.2 Å². The minimum atomic E-state index is -4.25. The Morgan fingerprint density at radius 3 is 2.16 bits per heavy atom. The van der Waals surface area contributed by atoms with Gasteiger partial charge >= 0.3 is 13.8 Å². The Morgan fingerprint density at radius 2 is 1.58 bits per heavy atom. The highest BCUT2D eigenvalue weighted by Crippen LogP contribution is 2.52. The van der Waals surface area contributed by atoms with Crippen molar-refractivity contribution in [2.24, 2.45) is 0 Å². The summed E-state index contributed by atoms with van der Waals surface area (Å²) in [5, 5.41) is 2.55. The van der Waals surface area contributed by atoms with E-state index >= 15 is 4.39 Å². The van der Waals surface area contributed by atoms with Gasteiger partial charge in [0.2, 0.25) is 5.91 Å². The van der Waals surface area contributed by atoms with E-state index < -0.39 is 45.0 Å². The summed E-state index contributed by atoms with van der Waals surface area (Å²) < 4.78 is 58.9. The highest BCUT2D eigenvalue weighted by atomic mass is 31.2. The van der Waals surface area contributed by atoms with E-state index in [9.17, 15) is 14.2 Å². The maximum atomic E-state index is 15.8. The van der Waals surface area contributed by atoms with Gasteiger partial charge in [-0.1, -0.05) is 60.7 Å². The third kappa shape index (κ3) is 7.48. The van der Waals surface area contributed by atoms with E-state index in [2.05, 4.69) is 20.3 Å². The molecule has 1 aliphatic heterocycles. The number of fused-ring (bicyclic) bond motifs is 1. The minimum absolute atomic E-state index is 0.0897. The molecule has 1 amide bonds. The smallest absolute Gasteiger partial charge is 0.454 e. The van der Waals surface area contributed by atoms with Gasteiger partial charge in [-0.25, -0.2) is 23.9 Å². The summed E-state index contributed by atoms with van der Waals surface area (Å²) in [5.41, 5.74) is 1.85. The topological polar surface area (TPSA) is 153 Å². The first-order chi connectivity index (χ1) is 20.7. The third-order valence-electron chi connectivity index (χ3n) is 6.35. The molecule has 4 unspecified atom stereocenters. The second-order valence-corrected chi connectivity index (χ2v) is 11.2. The Balaban J connectivity index is 1.35. The first-order valence-electron chi connectivity index (χ1n) is 13.3. The van der Waals surface area contributed by atoms with E-state index in [1.165, 1.54) is 24.1 Å². The number of imidazole rings is 1. The molecule has 0 spiro atoms. The number of nitrogens with one attached hydrogen (secondary N) is 1. The summed E-state index contributed by atoms with van der Waals surface area (Å²) in [6.07, 6.45) is -3.42. The summed E-state index contributed by atoms with van der Waals surface area (Å²) >= 11 is 0. The zero-order valence-corrected chi connectivity index (χ0v) is 24.1. The molecule has 4 atom stereocenters. The number of carbonyl (C=O) groups excluding carboxylic acids is 2.